The van der Waals surface area contributed by atoms with Crippen LogP contribution < -0.4 is 5.43 Å². The Balaban J connectivity index is 1.73. The van der Waals surface area contributed by atoms with Gasteiger partial charge in [-0.25, -0.2) is 13.3 Å². The van der Waals surface area contributed by atoms with E-state index in [-0.39, 0.29) is 11.1 Å². The van der Waals surface area contributed by atoms with Gasteiger partial charge in [0.1, 0.15) is 11.6 Å². The van der Waals surface area contributed by atoms with Crippen molar-refractivity contribution in [2.24, 2.45) is 0 Å². The van der Waals surface area contributed by atoms with Crippen LogP contribution in [0.25, 0.3) is 39.0 Å². The molecule has 0 radical (unpaired) electrons. The first-order valence-electron chi connectivity index (χ1n) is 9.75. The summed E-state index contributed by atoms with van der Waals surface area (Å²) >= 11 is 0. The normalized spacial score (nSPS) is 11.0. The van der Waals surface area contributed by atoms with Crippen LogP contribution in [0.5, 0.6) is 0 Å². The van der Waals surface area contributed by atoms with Crippen LogP contribution in [0.2, 0.25) is 0 Å². The van der Waals surface area contributed by atoms with Gasteiger partial charge in [-0.05, 0) is 35.4 Å². The molecule has 0 saturated carbocycles. The predicted molar refractivity (Wildman–Crippen MR) is 118 cm³/mol. The van der Waals surface area contributed by atoms with Gasteiger partial charge in [0.2, 0.25) is 0 Å². The van der Waals surface area contributed by atoms with Crippen molar-refractivity contribution in [3.63, 3.8) is 0 Å². The van der Waals surface area contributed by atoms with Crippen molar-refractivity contribution in [1.82, 2.24) is 9.61 Å². The Morgan fingerprint density at radius 2 is 1.32 bits per heavy atom. The molecule has 31 heavy (non-hydrogen) atoms. The second-order valence-corrected chi connectivity index (χ2v) is 7.11. The minimum Gasteiger partial charge on any atom is -0.289 e. The fourth-order valence-electron chi connectivity index (χ4n) is 3.80. The summed E-state index contributed by atoms with van der Waals surface area (Å²) in [5.41, 5.74) is 3.12. The number of aromatic nitrogens is 2. The van der Waals surface area contributed by atoms with Gasteiger partial charge in [0.05, 0.1) is 22.3 Å². The summed E-state index contributed by atoms with van der Waals surface area (Å²) in [6.07, 6.45) is 1.51. The van der Waals surface area contributed by atoms with Gasteiger partial charge in [-0.15, -0.1) is 0 Å². The third-order valence-electron chi connectivity index (χ3n) is 5.23. The third kappa shape index (κ3) is 3.30. The predicted octanol–water partition coefficient (Wildman–Crippen LogP) is 5.97. The molecule has 5 aromatic rings. The van der Waals surface area contributed by atoms with Crippen LogP contribution in [0.15, 0.2) is 102 Å². The average molecular weight is 410 g/mol. The van der Waals surface area contributed by atoms with Crippen molar-refractivity contribution in [2.75, 3.05) is 0 Å². The van der Waals surface area contributed by atoms with Crippen LogP contribution >= 0.6 is 0 Å². The van der Waals surface area contributed by atoms with E-state index in [9.17, 15) is 13.6 Å². The molecule has 0 bridgehead atoms. The molecule has 3 aromatic carbocycles. The molecule has 0 unspecified atom stereocenters. The zero-order valence-corrected chi connectivity index (χ0v) is 16.3. The van der Waals surface area contributed by atoms with Crippen LogP contribution in [0.4, 0.5) is 8.78 Å². The van der Waals surface area contributed by atoms with E-state index >= 15 is 0 Å². The molecule has 0 atom stereocenters. The van der Waals surface area contributed by atoms with E-state index in [0.717, 1.165) is 28.8 Å². The summed E-state index contributed by atoms with van der Waals surface area (Å²) in [4.78, 5) is 12.6. The monoisotopic (exact) mass is 410 g/mol. The molecule has 3 nitrogen and oxygen atoms in total. The molecule has 0 fully saturated rings. The van der Waals surface area contributed by atoms with Crippen LogP contribution in [-0.4, -0.2) is 9.61 Å². The van der Waals surface area contributed by atoms with E-state index in [1.807, 2.05) is 54.6 Å². The summed E-state index contributed by atoms with van der Waals surface area (Å²) in [5.74, 6) is -1.58. The van der Waals surface area contributed by atoms with Gasteiger partial charge in [-0.1, -0.05) is 60.7 Å². The topological polar surface area (TPSA) is 34.4 Å². The Labute approximate surface area is 176 Å². The quantitative estimate of drug-likeness (QED) is 0.367. The lowest BCUT2D eigenvalue weighted by atomic mass is 9.97. The first kappa shape index (κ1) is 18.9. The van der Waals surface area contributed by atoms with E-state index in [1.54, 1.807) is 12.1 Å². The van der Waals surface area contributed by atoms with Crippen molar-refractivity contribution in [3.05, 3.63) is 119 Å². The fourth-order valence-corrected chi connectivity index (χ4v) is 3.80. The van der Waals surface area contributed by atoms with E-state index in [4.69, 9.17) is 0 Å². The molecule has 0 saturated heterocycles. The van der Waals surface area contributed by atoms with Gasteiger partial charge in [0.25, 0.3) is 0 Å². The standard InChI is InChI=1S/C26H16F2N2O/c27-20-11-6-12-21(28)25(20)26-23-14-13-22(29-30(23)16-15-24(26)31)19-10-5-4-9-18(19)17-7-2-1-3-8-17/h1-16H. The number of hydrogen-bond acceptors (Lipinski definition) is 2. The van der Waals surface area contributed by atoms with Crippen LogP contribution in [0, 0.1) is 11.6 Å². The Morgan fingerprint density at radius 1 is 0.645 bits per heavy atom. The number of pyridine rings is 1. The molecule has 0 spiro atoms. The van der Waals surface area contributed by atoms with Crippen molar-refractivity contribution >= 4 is 5.52 Å². The highest BCUT2D eigenvalue weighted by Crippen LogP contribution is 2.32. The number of rotatable bonds is 3. The van der Waals surface area contributed by atoms with Gasteiger partial charge in [0, 0.05) is 17.8 Å². The molecule has 0 aliphatic carbocycles. The molecule has 0 aliphatic rings. The third-order valence-corrected chi connectivity index (χ3v) is 5.23. The maximum atomic E-state index is 14.4. The second kappa shape index (κ2) is 7.61. The zero-order chi connectivity index (χ0) is 21.4. The number of fused-ring (bicyclic) bond motifs is 1. The van der Waals surface area contributed by atoms with E-state index < -0.39 is 17.1 Å². The minimum atomic E-state index is -0.788. The van der Waals surface area contributed by atoms with Crippen molar-refractivity contribution in [3.8, 4) is 33.5 Å². The highest BCUT2D eigenvalue weighted by Gasteiger charge is 2.18. The molecule has 2 heterocycles. The molecule has 0 amide bonds. The van der Waals surface area contributed by atoms with Crippen LogP contribution in [0.3, 0.4) is 0 Å². The van der Waals surface area contributed by atoms with Gasteiger partial charge in [0.15, 0.2) is 5.43 Å². The van der Waals surface area contributed by atoms with Crippen molar-refractivity contribution in [1.29, 1.82) is 0 Å². The lowest BCUT2D eigenvalue weighted by Gasteiger charge is -2.12. The average Bonchev–Trinajstić information content (AvgIpc) is 2.80. The van der Waals surface area contributed by atoms with Crippen LogP contribution in [-0.2, 0) is 0 Å². The smallest absolute Gasteiger partial charge is 0.190 e. The molecular weight excluding hydrogens is 394 g/mol. The summed E-state index contributed by atoms with van der Waals surface area (Å²) in [7, 11) is 0. The minimum absolute atomic E-state index is 0.0477. The molecule has 150 valence electrons. The highest BCUT2D eigenvalue weighted by molar-refractivity contribution is 5.84. The van der Waals surface area contributed by atoms with E-state index in [2.05, 4.69) is 5.10 Å². The summed E-state index contributed by atoms with van der Waals surface area (Å²) in [6.45, 7) is 0. The summed E-state index contributed by atoms with van der Waals surface area (Å²) < 4.78 is 30.3. The second-order valence-electron chi connectivity index (χ2n) is 7.11. The highest BCUT2D eigenvalue weighted by atomic mass is 19.1. The van der Waals surface area contributed by atoms with Gasteiger partial charge < -0.3 is 0 Å². The van der Waals surface area contributed by atoms with Gasteiger partial charge in [-0.2, -0.15) is 5.10 Å². The summed E-state index contributed by atoms with van der Waals surface area (Å²) in [6, 6.07) is 26.1. The Kier molecular flexibility index (Phi) is 4.64. The Bertz CT molecular complexity index is 1460. The molecule has 5 rings (SSSR count). The maximum Gasteiger partial charge on any atom is 0.190 e. The first-order chi connectivity index (χ1) is 15.1. The van der Waals surface area contributed by atoms with Crippen molar-refractivity contribution in [2.45, 2.75) is 0 Å². The zero-order valence-electron chi connectivity index (χ0n) is 16.3. The number of hydrogen-bond donors (Lipinski definition) is 0. The Hall–Kier alpha value is -4.12. The molecule has 2 aromatic heterocycles. The SMILES string of the molecule is O=c1ccn2nc(-c3ccccc3-c3ccccc3)ccc2c1-c1c(F)cccc1F. The molecule has 5 heteroatoms. The lowest BCUT2D eigenvalue weighted by molar-refractivity contribution is 0.589. The lowest BCUT2D eigenvalue weighted by Crippen LogP contribution is -2.11. The Morgan fingerprint density at radius 3 is 2.06 bits per heavy atom. The largest absolute Gasteiger partial charge is 0.289 e. The number of benzene rings is 3. The number of nitrogens with zero attached hydrogens (tertiary/aromatic N) is 2. The van der Waals surface area contributed by atoms with Gasteiger partial charge in [-0.3, -0.25) is 4.79 Å². The molecule has 0 N–H and O–H groups in total. The van der Waals surface area contributed by atoms with E-state index in [0.29, 0.717) is 11.2 Å². The first-order valence-corrected chi connectivity index (χ1v) is 9.75. The van der Waals surface area contributed by atoms with Crippen molar-refractivity contribution < 1.29 is 8.78 Å². The van der Waals surface area contributed by atoms with E-state index in [1.165, 1.54) is 22.8 Å². The summed E-state index contributed by atoms with van der Waals surface area (Å²) in [5, 5.41) is 4.65. The van der Waals surface area contributed by atoms with Crippen LogP contribution in [0.1, 0.15) is 0 Å². The van der Waals surface area contributed by atoms with Gasteiger partial charge >= 0.3 is 0 Å². The fraction of sp³-hybridized carbons (Fsp3) is 0. The molecule has 0 aliphatic heterocycles. The number of halogens is 2. The molecular formula is C26H16F2N2O. The maximum absolute atomic E-state index is 14.4.